The van der Waals surface area contributed by atoms with E-state index >= 15 is 0 Å². The lowest BCUT2D eigenvalue weighted by Gasteiger charge is -2.38. The highest BCUT2D eigenvalue weighted by atomic mass is 16.5. The van der Waals surface area contributed by atoms with Gasteiger partial charge in [-0.3, -0.25) is 4.79 Å². The van der Waals surface area contributed by atoms with Crippen LogP contribution in [0.25, 0.3) is 0 Å². The third kappa shape index (κ3) is 3.06. The number of alkyl carbamates (subject to hydrolysis) is 1. The molecule has 1 aromatic carbocycles. The predicted molar refractivity (Wildman–Crippen MR) is 78.8 cm³/mol. The second-order valence-corrected chi connectivity index (χ2v) is 6.00. The van der Waals surface area contributed by atoms with Crippen LogP contribution in [0, 0.1) is 0 Å². The summed E-state index contributed by atoms with van der Waals surface area (Å²) in [4.78, 5) is 23.9. The van der Waals surface area contributed by atoms with Crippen LogP contribution in [-0.4, -0.2) is 29.7 Å². The highest BCUT2D eigenvalue weighted by molar-refractivity contribution is 5.89. The molecule has 6 nitrogen and oxygen atoms in total. The molecule has 2 unspecified atom stereocenters. The standard InChI is InChI=1S/C16H20N2O4/c17-14(19)16(8-12-6-7-13(9-16)22-12)18-15(20)21-10-11-4-2-1-3-5-11/h1-5,12-13H,6-10H2,(H2,17,19)(H,18,20). The fraction of sp³-hybridized carbons (Fsp3) is 0.500. The summed E-state index contributed by atoms with van der Waals surface area (Å²) < 4.78 is 10.9. The molecular weight excluding hydrogens is 284 g/mol. The van der Waals surface area contributed by atoms with E-state index in [1.807, 2.05) is 30.3 Å². The Hall–Kier alpha value is -2.08. The van der Waals surface area contributed by atoms with E-state index in [0.29, 0.717) is 12.8 Å². The molecule has 0 radical (unpaired) electrons. The number of carbonyl (C=O) groups is 2. The van der Waals surface area contributed by atoms with Gasteiger partial charge in [0.25, 0.3) is 0 Å². The Balaban J connectivity index is 1.62. The summed E-state index contributed by atoms with van der Waals surface area (Å²) in [7, 11) is 0. The molecule has 2 saturated heterocycles. The van der Waals surface area contributed by atoms with Crippen molar-refractivity contribution in [2.24, 2.45) is 5.73 Å². The average molecular weight is 304 g/mol. The van der Waals surface area contributed by atoms with Gasteiger partial charge in [-0.2, -0.15) is 0 Å². The maximum atomic E-state index is 12.0. The molecule has 2 aliphatic heterocycles. The molecule has 2 aliphatic rings. The van der Waals surface area contributed by atoms with Crippen molar-refractivity contribution in [3.63, 3.8) is 0 Å². The Morgan fingerprint density at radius 2 is 1.86 bits per heavy atom. The van der Waals surface area contributed by atoms with Gasteiger partial charge in [-0.25, -0.2) is 4.79 Å². The van der Waals surface area contributed by atoms with Crippen LogP contribution in [0.1, 0.15) is 31.2 Å². The maximum absolute atomic E-state index is 12.0. The van der Waals surface area contributed by atoms with Gasteiger partial charge < -0.3 is 20.5 Å². The number of nitrogens with two attached hydrogens (primary N) is 1. The first-order valence-electron chi connectivity index (χ1n) is 7.52. The minimum atomic E-state index is -1.06. The molecule has 2 bridgehead atoms. The summed E-state index contributed by atoms with van der Waals surface area (Å²) in [5.41, 5.74) is 5.37. The number of ether oxygens (including phenoxy) is 2. The van der Waals surface area contributed by atoms with Gasteiger partial charge in [0, 0.05) is 12.8 Å². The van der Waals surface area contributed by atoms with E-state index in [-0.39, 0.29) is 18.8 Å². The van der Waals surface area contributed by atoms with Crippen molar-refractivity contribution in [1.29, 1.82) is 0 Å². The predicted octanol–water partition coefficient (Wildman–Crippen LogP) is 1.48. The van der Waals surface area contributed by atoms with Crippen molar-refractivity contribution >= 4 is 12.0 Å². The Labute approximate surface area is 129 Å². The van der Waals surface area contributed by atoms with Gasteiger partial charge in [-0.15, -0.1) is 0 Å². The van der Waals surface area contributed by atoms with Crippen LogP contribution in [0.5, 0.6) is 0 Å². The van der Waals surface area contributed by atoms with Crippen molar-refractivity contribution in [2.75, 3.05) is 0 Å². The zero-order valence-corrected chi connectivity index (χ0v) is 12.3. The molecular formula is C16H20N2O4. The number of nitrogens with one attached hydrogen (secondary N) is 1. The first kappa shape index (κ1) is 14.8. The van der Waals surface area contributed by atoms with Crippen molar-refractivity contribution in [3.05, 3.63) is 35.9 Å². The molecule has 2 amide bonds. The lowest BCUT2D eigenvalue weighted by Crippen LogP contribution is -2.61. The lowest BCUT2D eigenvalue weighted by molar-refractivity contribution is -0.132. The fourth-order valence-electron chi connectivity index (χ4n) is 3.26. The number of fused-ring (bicyclic) bond motifs is 2. The van der Waals surface area contributed by atoms with Gasteiger partial charge in [0.1, 0.15) is 12.1 Å². The molecule has 0 aliphatic carbocycles. The molecule has 3 rings (SSSR count). The van der Waals surface area contributed by atoms with Gasteiger partial charge >= 0.3 is 6.09 Å². The van der Waals surface area contributed by atoms with E-state index in [2.05, 4.69) is 5.32 Å². The van der Waals surface area contributed by atoms with E-state index < -0.39 is 17.5 Å². The van der Waals surface area contributed by atoms with Crippen LogP contribution >= 0.6 is 0 Å². The molecule has 118 valence electrons. The Morgan fingerprint density at radius 3 is 2.45 bits per heavy atom. The van der Waals surface area contributed by atoms with Gasteiger partial charge in [0.05, 0.1) is 12.2 Å². The lowest BCUT2D eigenvalue weighted by atomic mass is 9.86. The molecule has 1 aromatic rings. The van der Waals surface area contributed by atoms with Crippen LogP contribution in [0.3, 0.4) is 0 Å². The zero-order valence-electron chi connectivity index (χ0n) is 12.3. The van der Waals surface area contributed by atoms with Crippen molar-refractivity contribution in [3.8, 4) is 0 Å². The number of benzene rings is 1. The van der Waals surface area contributed by atoms with Gasteiger partial charge in [0.2, 0.25) is 5.91 Å². The first-order chi connectivity index (χ1) is 10.6. The van der Waals surface area contributed by atoms with Crippen LogP contribution in [-0.2, 0) is 20.9 Å². The average Bonchev–Trinajstić information content (AvgIpc) is 2.85. The highest BCUT2D eigenvalue weighted by Crippen LogP contribution is 2.38. The molecule has 0 saturated carbocycles. The summed E-state index contributed by atoms with van der Waals surface area (Å²) >= 11 is 0. The molecule has 0 spiro atoms. The third-order valence-electron chi connectivity index (χ3n) is 4.37. The second kappa shape index (κ2) is 5.96. The number of hydrogen-bond acceptors (Lipinski definition) is 4. The normalized spacial score (nSPS) is 29.8. The molecule has 2 fully saturated rings. The topological polar surface area (TPSA) is 90.7 Å². The minimum Gasteiger partial charge on any atom is -0.445 e. The van der Waals surface area contributed by atoms with Crippen LogP contribution in [0.4, 0.5) is 4.79 Å². The van der Waals surface area contributed by atoms with E-state index in [4.69, 9.17) is 15.2 Å². The molecule has 6 heteroatoms. The molecule has 2 heterocycles. The summed E-state index contributed by atoms with van der Waals surface area (Å²) in [5.74, 6) is -0.524. The molecule has 22 heavy (non-hydrogen) atoms. The Bertz CT molecular complexity index is 549. The van der Waals surface area contributed by atoms with Crippen LogP contribution < -0.4 is 11.1 Å². The molecule has 0 aromatic heterocycles. The number of rotatable bonds is 4. The van der Waals surface area contributed by atoms with Gasteiger partial charge in [0.15, 0.2) is 0 Å². The number of primary amides is 1. The van der Waals surface area contributed by atoms with Crippen LogP contribution in [0.15, 0.2) is 30.3 Å². The summed E-state index contributed by atoms with van der Waals surface area (Å²) in [6.07, 6.45) is 1.99. The monoisotopic (exact) mass is 304 g/mol. The summed E-state index contributed by atoms with van der Waals surface area (Å²) in [6.45, 7) is 0.158. The highest BCUT2D eigenvalue weighted by Gasteiger charge is 2.49. The quantitative estimate of drug-likeness (QED) is 0.881. The van der Waals surface area contributed by atoms with E-state index in [9.17, 15) is 9.59 Å². The van der Waals surface area contributed by atoms with Gasteiger partial charge in [-0.1, -0.05) is 30.3 Å². The summed E-state index contributed by atoms with van der Waals surface area (Å²) in [5, 5.41) is 2.69. The summed E-state index contributed by atoms with van der Waals surface area (Å²) in [6, 6.07) is 9.37. The smallest absolute Gasteiger partial charge is 0.408 e. The van der Waals surface area contributed by atoms with Gasteiger partial charge in [-0.05, 0) is 18.4 Å². The minimum absolute atomic E-state index is 0.0133. The van der Waals surface area contributed by atoms with Crippen molar-refractivity contribution < 1.29 is 19.1 Å². The van der Waals surface area contributed by atoms with Crippen molar-refractivity contribution in [2.45, 2.75) is 50.0 Å². The van der Waals surface area contributed by atoms with Crippen LogP contribution in [0.2, 0.25) is 0 Å². The maximum Gasteiger partial charge on any atom is 0.408 e. The number of carbonyl (C=O) groups excluding carboxylic acids is 2. The second-order valence-electron chi connectivity index (χ2n) is 6.00. The Kier molecular flexibility index (Phi) is 4.02. The molecule has 2 atom stereocenters. The van der Waals surface area contributed by atoms with E-state index in [1.54, 1.807) is 0 Å². The fourth-order valence-corrected chi connectivity index (χ4v) is 3.26. The van der Waals surface area contributed by atoms with E-state index in [0.717, 1.165) is 18.4 Å². The first-order valence-corrected chi connectivity index (χ1v) is 7.52. The molecule has 3 N–H and O–H groups in total. The number of hydrogen-bond donors (Lipinski definition) is 2. The zero-order chi connectivity index (χ0) is 15.6. The van der Waals surface area contributed by atoms with E-state index in [1.165, 1.54) is 0 Å². The van der Waals surface area contributed by atoms with Crippen molar-refractivity contribution in [1.82, 2.24) is 5.32 Å². The Morgan fingerprint density at radius 1 is 1.23 bits per heavy atom. The third-order valence-corrected chi connectivity index (χ3v) is 4.37. The SMILES string of the molecule is NC(=O)C1(NC(=O)OCc2ccccc2)CC2CCC(C1)O2. The number of amides is 2. The largest absolute Gasteiger partial charge is 0.445 e.